The van der Waals surface area contributed by atoms with Crippen molar-refractivity contribution in [1.82, 2.24) is 0 Å². The van der Waals surface area contributed by atoms with E-state index in [1.165, 1.54) is 12.1 Å². The van der Waals surface area contributed by atoms with Crippen LogP contribution in [-0.4, -0.2) is 25.4 Å². The van der Waals surface area contributed by atoms with Crippen molar-refractivity contribution in [2.75, 3.05) is 5.75 Å². The van der Waals surface area contributed by atoms with Crippen LogP contribution in [0.1, 0.15) is 13.8 Å². The van der Waals surface area contributed by atoms with Crippen LogP contribution >= 0.6 is 11.6 Å². The lowest BCUT2D eigenvalue weighted by Gasteiger charge is -2.14. The van der Waals surface area contributed by atoms with Crippen molar-refractivity contribution in [2.45, 2.75) is 24.8 Å². The van der Waals surface area contributed by atoms with E-state index in [2.05, 4.69) is 0 Å². The van der Waals surface area contributed by atoms with Crippen molar-refractivity contribution in [2.24, 2.45) is 5.92 Å². The van der Waals surface area contributed by atoms with E-state index >= 15 is 0 Å². The zero-order valence-corrected chi connectivity index (χ0v) is 10.8. The van der Waals surface area contributed by atoms with Gasteiger partial charge in [0.25, 0.3) is 0 Å². The zero-order chi connectivity index (χ0) is 12.3. The van der Waals surface area contributed by atoms with Gasteiger partial charge in [0.05, 0.1) is 16.8 Å². The highest BCUT2D eigenvalue weighted by Gasteiger charge is 2.21. The van der Waals surface area contributed by atoms with Crippen molar-refractivity contribution in [3.05, 3.63) is 29.3 Å². The summed E-state index contributed by atoms with van der Waals surface area (Å²) in [4.78, 5) is 0.153. The molecule has 1 unspecified atom stereocenters. The first-order valence-electron chi connectivity index (χ1n) is 4.99. The molecule has 0 spiro atoms. The third kappa shape index (κ3) is 3.47. The van der Waals surface area contributed by atoms with Crippen LogP contribution in [-0.2, 0) is 9.84 Å². The molecule has 1 aromatic carbocycles. The Morgan fingerprint density at radius 2 is 2.00 bits per heavy atom. The van der Waals surface area contributed by atoms with Gasteiger partial charge in [0, 0.05) is 5.02 Å². The summed E-state index contributed by atoms with van der Waals surface area (Å²) in [5, 5.41) is 9.96. The molecule has 1 rings (SSSR count). The van der Waals surface area contributed by atoms with Crippen LogP contribution in [0.5, 0.6) is 0 Å². The summed E-state index contributed by atoms with van der Waals surface area (Å²) >= 11 is 5.72. The lowest BCUT2D eigenvalue weighted by atomic mass is 10.1. The van der Waals surface area contributed by atoms with Crippen LogP contribution < -0.4 is 0 Å². The smallest absolute Gasteiger partial charge is 0.180 e. The summed E-state index contributed by atoms with van der Waals surface area (Å²) < 4.78 is 23.8. The second kappa shape index (κ2) is 5.17. The molecule has 0 amide bonds. The highest BCUT2D eigenvalue weighted by atomic mass is 35.5. The first-order chi connectivity index (χ1) is 7.33. The van der Waals surface area contributed by atoms with Gasteiger partial charge >= 0.3 is 0 Å². The Bertz CT molecular complexity index is 454. The van der Waals surface area contributed by atoms with Gasteiger partial charge in [0.1, 0.15) is 0 Å². The van der Waals surface area contributed by atoms with E-state index < -0.39 is 15.9 Å². The van der Waals surface area contributed by atoms with Gasteiger partial charge in [0.2, 0.25) is 0 Å². The van der Waals surface area contributed by atoms with Gasteiger partial charge in [-0.15, -0.1) is 0 Å². The van der Waals surface area contributed by atoms with E-state index in [4.69, 9.17) is 11.6 Å². The highest BCUT2D eigenvalue weighted by molar-refractivity contribution is 7.91. The highest BCUT2D eigenvalue weighted by Crippen LogP contribution is 2.18. The Hall–Kier alpha value is -0.580. The molecule has 90 valence electrons. The Balaban J connectivity index is 2.95. The lowest BCUT2D eigenvalue weighted by molar-refractivity contribution is 0.147. The second-order valence-electron chi connectivity index (χ2n) is 4.05. The lowest BCUT2D eigenvalue weighted by Crippen LogP contribution is -2.25. The largest absolute Gasteiger partial charge is 0.392 e. The summed E-state index contributed by atoms with van der Waals surface area (Å²) in [6.45, 7) is 3.55. The first kappa shape index (κ1) is 13.5. The van der Waals surface area contributed by atoms with Crippen LogP contribution in [0.15, 0.2) is 29.2 Å². The van der Waals surface area contributed by atoms with Crippen LogP contribution in [0.3, 0.4) is 0 Å². The molecule has 0 fully saturated rings. The number of rotatable bonds is 4. The summed E-state index contributed by atoms with van der Waals surface area (Å²) in [6, 6.07) is 6.06. The van der Waals surface area contributed by atoms with Gasteiger partial charge in [0.15, 0.2) is 9.84 Å². The first-order valence-corrected chi connectivity index (χ1v) is 7.02. The number of sulfone groups is 1. The topological polar surface area (TPSA) is 54.4 Å². The standard InChI is InChI=1S/C11H15ClO3S/c1-8(2)11(13)7-16(14,15)10-5-3-4-9(12)6-10/h3-6,8,11,13H,7H2,1-2H3. The molecule has 1 aromatic rings. The van der Waals surface area contributed by atoms with Gasteiger partial charge in [-0.25, -0.2) is 8.42 Å². The minimum absolute atomic E-state index is 0.0889. The molecule has 1 atom stereocenters. The van der Waals surface area contributed by atoms with E-state index in [1.807, 2.05) is 0 Å². The van der Waals surface area contributed by atoms with Crippen molar-refractivity contribution in [3.63, 3.8) is 0 Å². The zero-order valence-electron chi connectivity index (χ0n) is 9.22. The molecule has 0 aliphatic rings. The number of hydrogen-bond donors (Lipinski definition) is 1. The molecule has 3 nitrogen and oxygen atoms in total. The number of aliphatic hydroxyl groups excluding tert-OH is 1. The maximum atomic E-state index is 11.9. The SMILES string of the molecule is CC(C)C(O)CS(=O)(=O)c1cccc(Cl)c1. The monoisotopic (exact) mass is 262 g/mol. The van der Waals surface area contributed by atoms with Crippen molar-refractivity contribution >= 4 is 21.4 Å². The van der Waals surface area contributed by atoms with Crippen molar-refractivity contribution < 1.29 is 13.5 Å². The van der Waals surface area contributed by atoms with Crippen molar-refractivity contribution in [1.29, 1.82) is 0 Å². The molecular formula is C11H15ClO3S. The summed E-state index contributed by atoms with van der Waals surface area (Å²) in [5.41, 5.74) is 0. The molecule has 1 N–H and O–H groups in total. The number of benzene rings is 1. The van der Waals surface area contributed by atoms with Crippen molar-refractivity contribution in [3.8, 4) is 0 Å². The van der Waals surface area contributed by atoms with Crippen LogP contribution in [0.25, 0.3) is 0 Å². The molecule has 0 radical (unpaired) electrons. The number of aliphatic hydroxyl groups is 1. The predicted octanol–water partition coefficient (Wildman–Crippen LogP) is 2.13. The molecule has 0 saturated carbocycles. The minimum Gasteiger partial charge on any atom is -0.392 e. The van der Waals surface area contributed by atoms with Gasteiger partial charge in [-0.2, -0.15) is 0 Å². The maximum absolute atomic E-state index is 11.9. The quantitative estimate of drug-likeness (QED) is 0.904. The summed E-state index contributed by atoms with van der Waals surface area (Å²) in [6.07, 6.45) is -0.857. The molecule has 0 aliphatic heterocycles. The van der Waals surface area contributed by atoms with E-state index in [0.717, 1.165) is 0 Å². The average molecular weight is 263 g/mol. The van der Waals surface area contributed by atoms with E-state index in [9.17, 15) is 13.5 Å². The van der Waals surface area contributed by atoms with Crippen LogP contribution in [0.2, 0.25) is 5.02 Å². The molecule has 5 heteroatoms. The molecular weight excluding hydrogens is 248 g/mol. The van der Waals surface area contributed by atoms with Gasteiger partial charge in [-0.1, -0.05) is 31.5 Å². The van der Waals surface area contributed by atoms with Crippen LogP contribution in [0.4, 0.5) is 0 Å². The molecule has 16 heavy (non-hydrogen) atoms. The van der Waals surface area contributed by atoms with Gasteiger partial charge < -0.3 is 5.11 Å². The fraction of sp³-hybridized carbons (Fsp3) is 0.455. The van der Waals surface area contributed by atoms with E-state index in [0.29, 0.717) is 5.02 Å². The van der Waals surface area contributed by atoms with Gasteiger partial charge in [-0.05, 0) is 24.1 Å². The van der Waals surface area contributed by atoms with E-state index in [-0.39, 0.29) is 16.6 Å². The third-order valence-corrected chi connectivity index (χ3v) is 4.30. The predicted molar refractivity (Wildman–Crippen MR) is 64.3 cm³/mol. The fourth-order valence-corrected chi connectivity index (χ4v) is 3.05. The molecule has 0 saturated heterocycles. The normalized spacial score (nSPS) is 14.1. The number of halogens is 1. The summed E-state index contributed by atoms with van der Waals surface area (Å²) in [5.74, 6) is -0.362. The Kier molecular flexibility index (Phi) is 4.35. The maximum Gasteiger partial charge on any atom is 0.180 e. The van der Waals surface area contributed by atoms with Gasteiger partial charge in [-0.3, -0.25) is 0 Å². The third-order valence-electron chi connectivity index (χ3n) is 2.31. The molecule has 0 bridgehead atoms. The average Bonchev–Trinajstić information content (AvgIpc) is 2.17. The minimum atomic E-state index is -3.46. The Morgan fingerprint density at radius 1 is 1.38 bits per heavy atom. The summed E-state index contributed by atoms with van der Waals surface area (Å²) in [7, 11) is -3.46. The molecule has 0 aromatic heterocycles. The number of hydrogen-bond acceptors (Lipinski definition) is 3. The Morgan fingerprint density at radius 3 is 2.50 bits per heavy atom. The molecule has 0 heterocycles. The van der Waals surface area contributed by atoms with E-state index in [1.54, 1.807) is 26.0 Å². The Labute approximate surface area is 101 Å². The molecule has 0 aliphatic carbocycles. The fourth-order valence-electron chi connectivity index (χ4n) is 1.17. The second-order valence-corrected chi connectivity index (χ2v) is 6.52. The van der Waals surface area contributed by atoms with Crippen LogP contribution in [0, 0.1) is 5.92 Å².